The summed E-state index contributed by atoms with van der Waals surface area (Å²) in [5, 5.41) is 4.99. The second-order valence-electron chi connectivity index (χ2n) is 6.89. The molecular formula is C24H25F2NO4. The normalized spacial score (nSPS) is 10.8. The van der Waals surface area contributed by atoms with Crippen molar-refractivity contribution in [1.29, 1.82) is 0 Å². The zero-order valence-electron chi connectivity index (χ0n) is 17.3. The first kappa shape index (κ1) is 22.3. The molecule has 0 aliphatic rings. The van der Waals surface area contributed by atoms with Gasteiger partial charge in [0.05, 0.1) is 13.7 Å². The lowest BCUT2D eigenvalue weighted by atomic mass is 10.1. The SMILES string of the molecule is COc1ccc(CCNC(=O)CCCOc2cccc3ccccc23)cc1OC(F)F. The number of alkyl halides is 2. The van der Waals surface area contributed by atoms with E-state index < -0.39 is 6.61 Å². The molecule has 0 unspecified atom stereocenters. The molecule has 164 valence electrons. The number of hydrogen-bond donors (Lipinski definition) is 1. The predicted molar refractivity (Wildman–Crippen MR) is 115 cm³/mol. The van der Waals surface area contributed by atoms with Gasteiger partial charge in [-0.2, -0.15) is 8.78 Å². The Morgan fingerprint density at radius 3 is 2.61 bits per heavy atom. The lowest BCUT2D eigenvalue weighted by molar-refractivity contribution is -0.121. The highest BCUT2D eigenvalue weighted by atomic mass is 19.3. The monoisotopic (exact) mass is 429 g/mol. The largest absolute Gasteiger partial charge is 0.493 e. The molecule has 3 aromatic rings. The summed E-state index contributed by atoms with van der Waals surface area (Å²) in [6.07, 6.45) is 1.42. The minimum absolute atomic E-state index is 0.0214. The molecule has 1 amide bonds. The lowest BCUT2D eigenvalue weighted by Gasteiger charge is -2.12. The van der Waals surface area contributed by atoms with Crippen molar-refractivity contribution in [2.75, 3.05) is 20.3 Å². The quantitative estimate of drug-likeness (QED) is 0.438. The average Bonchev–Trinajstić information content (AvgIpc) is 2.76. The molecule has 0 radical (unpaired) electrons. The molecule has 0 bridgehead atoms. The fourth-order valence-corrected chi connectivity index (χ4v) is 3.24. The van der Waals surface area contributed by atoms with E-state index in [4.69, 9.17) is 9.47 Å². The second-order valence-corrected chi connectivity index (χ2v) is 6.89. The van der Waals surface area contributed by atoms with Crippen LogP contribution >= 0.6 is 0 Å². The van der Waals surface area contributed by atoms with Crippen LogP contribution in [0.4, 0.5) is 8.78 Å². The van der Waals surface area contributed by atoms with Crippen LogP contribution < -0.4 is 19.5 Å². The summed E-state index contributed by atoms with van der Waals surface area (Å²) < 4.78 is 40.4. The molecule has 1 N–H and O–H groups in total. The Hall–Kier alpha value is -3.35. The van der Waals surface area contributed by atoms with Gasteiger partial charge in [0.1, 0.15) is 5.75 Å². The van der Waals surface area contributed by atoms with Crippen molar-refractivity contribution in [2.24, 2.45) is 0 Å². The number of halogens is 2. The molecule has 0 aliphatic carbocycles. The molecule has 5 nitrogen and oxygen atoms in total. The number of ether oxygens (including phenoxy) is 3. The van der Waals surface area contributed by atoms with Crippen molar-refractivity contribution in [3.8, 4) is 17.2 Å². The van der Waals surface area contributed by atoms with Crippen molar-refractivity contribution >= 4 is 16.7 Å². The van der Waals surface area contributed by atoms with Crippen molar-refractivity contribution in [2.45, 2.75) is 25.9 Å². The molecule has 0 saturated heterocycles. The van der Waals surface area contributed by atoms with E-state index in [1.807, 2.05) is 42.5 Å². The predicted octanol–water partition coefficient (Wildman–Crippen LogP) is 4.97. The van der Waals surface area contributed by atoms with E-state index in [1.54, 1.807) is 12.1 Å². The van der Waals surface area contributed by atoms with E-state index in [0.29, 0.717) is 32.4 Å². The van der Waals surface area contributed by atoms with Crippen LogP contribution in [0.25, 0.3) is 10.8 Å². The molecule has 7 heteroatoms. The number of methoxy groups -OCH3 is 1. The Morgan fingerprint density at radius 2 is 1.81 bits per heavy atom. The number of rotatable bonds is 11. The fraction of sp³-hybridized carbons (Fsp3) is 0.292. The number of carbonyl (C=O) groups excluding carboxylic acids is 1. The summed E-state index contributed by atoms with van der Waals surface area (Å²) in [5.74, 6) is 0.935. The van der Waals surface area contributed by atoms with Gasteiger partial charge in [0.25, 0.3) is 0 Å². The van der Waals surface area contributed by atoms with E-state index in [-0.39, 0.29) is 17.4 Å². The zero-order chi connectivity index (χ0) is 22.1. The van der Waals surface area contributed by atoms with Crippen molar-refractivity contribution in [3.05, 3.63) is 66.2 Å². The van der Waals surface area contributed by atoms with Crippen LogP contribution in [0.1, 0.15) is 18.4 Å². The number of nitrogens with one attached hydrogen (secondary N) is 1. The van der Waals surface area contributed by atoms with Crippen molar-refractivity contribution < 1.29 is 27.8 Å². The van der Waals surface area contributed by atoms with Gasteiger partial charge in [-0.15, -0.1) is 0 Å². The third-order valence-electron chi connectivity index (χ3n) is 4.74. The number of hydrogen-bond acceptors (Lipinski definition) is 4. The molecule has 3 rings (SSSR count). The van der Waals surface area contributed by atoms with E-state index in [0.717, 1.165) is 22.1 Å². The summed E-state index contributed by atoms with van der Waals surface area (Å²) in [6, 6.07) is 18.7. The topological polar surface area (TPSA) is 56.8 Å². The van der Waals surface area contributed by atoms with Crippen LogP contribution in [-0.2, 0) is 11.2 Å². The molecule has 3 aromatic carbocycles. The Bertz CT molecular complexity index is 1000. The molecule has 0 heterocycles. The van der Waals surface area contributed by atoms with E-state index in [9.17, 15) is 13.6 Å². The smallest absolute Gasteiger partial charge is 0.387 e. The Labute approximate surface area is 179 Å². The van der Waals surface area contributed by atoms with E-state index >= 15 is 0 Å². The number of benzene rings is 3. The molecule has 31 heavy (non-hydrogen) atoms. The standard InChI is InChI=1S/C24H25F2NO4/c1-29-21-12-11-17(16-22(21)31-24(25)26)13-14-27-23(28)10-5-15-30-20-9-4-7-18-6-2-3-8-19(18)20/h2-4,6-9,11-12,16,24H,5,10,13-15H2,1H3,(H,27,28). The van der Waals surface area contributed by atoms with Gasteiger partial charge in [0.15, 0.2) is 11.5 Å². The van der Waals surface area contributed by atoms with Crippen LogP contribution in [0.3, 0.4) is 0 Å². The maximum absolute atomic E-state index is 12.5. The first-order valence-electron chi connectivity index (χ1n) is 10.1. The first-order valence-corrected chi connectivity index (χ1v) is 10.1. The third-order valence-corrected chi connectivity index (χ3v) is 4.74. The minimum atomic E-state index is -2.93. The average molecular weight is 429 g/mol. The molecular weight excluding hydrogens is 404 g/mol. The molecule has 0 saturated carbocycles. The highest BCUT2D eigenvalue weighted by molar-refractivity contribution is 5.88. The fourth-order valence-electron chi connectivity index (χ4n) is 3.24. The number of fused-ring (bicyclic) bond motifs is 1. The van der Waals surface area contributed by atoms with Gasteiger partial charge >= 0.3 is 6.61 Å². The molecule has 0 aliphatic heterocycles. The second kappa shape index (κ2) is 11.2. The summed E-state index contributed by atoms with van der Waals surface area (Å²) in [6.45, 7) is -2.10. The van der Waals surface area contributed by atoms with E-state index in [1.165, 1.54) is 13.2 Å². The summed E-state index contributed by atoms with van der Waals surface area (Å²) in [7, 11) is 1.39. The summed E-state index contributed by atoms with van der Waals surface area (Å²) in [4.78, 5) is 12.1. The minimum Gasteiger partial charge on any atom is -0.493 e. The van der Waals surface area contributed by atoms with Gasteiger partial charge in [-0.1, -0.05) is 42.5 Å². The van der Waals surface area contributed by atoms with Gasteiger partial charge in [-0.05, 0) is 42.0 Å². The number of carbonyl (C=O) groups is 1. The highest BCUT2D eigenvalue weighted by Crippen LogP contribution is 2.29. The van der Waals surface area contributed by atoms with Gasteiger partial charge in [-0.25, -0.2) is 0 Å². The van der Waals surface area contributed by atoms with Crippen molar-refractivity contribution in [3.63, 3.8) is 0 Å². The molecule has 0 fully saturated rings. The summed E-state index contributed by atoms with van der Waals surface area (Å²) in [5.41, 5.74) is 0.760. The van der Waals surface area contributed by atoms with Gasteiger partial charge < -0.3 is 19.5 Å². The highest BCUT2D eigenvalue weighted by Gasteiger charge is 2.11. The molecule has 0 atom stereocenters. The van der Waals surface area contributed by atoms with Crippen LogP contribution in [0.2, 0.25) is 0 Å². The van der Waals surface area contributed by atoms with Gasteiger partial charge in [0.2, 0.25) is 5.91 Å². The maximum atomic E-state index is 12.5. The molecule has 0 spiro atoms. The van der Waals surface area contributed by atoms with Crippen LogP contribution in [0.15, 0.2) is 60.7 Å². The zero-order valence-corrected chi connectivity index (χ0v) is 17.3. The Kier molecular flexibility index (Phi) is 8.04. The van der Waals surface area contributed by atoms with E-state index in [2.05, 4.69) is 10.1 Å². The lowest BCUT2D eigenvalue weighted by Crippen LogP contribution is -2.25. The van der Waals surface area contributed by atoms with Crippen LogP contribution in [-0.4, -0.2) is 32.8 Å². The van der Waals surface area contributed by atoms with Crippen LogP contribution in [0, 0.1) is 0 Å². The van der Waals surface area contributed by atoms with Gasteiger partial charge in [0, 0.05) is 18.4 Å². The number of amides is 1. The molecule has 0 aromatic heterocycles. The van der Waals surface area contributed by atoms with Gasteiger partial charge in [-0.3, -0.25) is 4.79 Å². The third kappa shape index (κ3) is 6.57. The van der Waals surface area contributed by atoms with Crippen molar-refractivity contribution in [1.82, 2.24) is 5.32 Å². The van der Waals surface area contributed by atoms with Crippen LogP contribution in [0.5, 0.6) is 17.2 Å². The Morgan fingerprint density at radius 1 is 1.00 bits per heavy atom. The summed E-state index contributed by atoms with van der Waals surface area (Å²) >= 11 is 0. The Balaban J connectivity index is 1.40. The maximum Gasteiger partial charge on any atom is 0.387 e. The first-order chi connectivity index (χ1) is 15.1.